The van der Waals surface area contributed by atoms with Crippen molar-refractivity contribution in [2.45, 2.75) is 45.1 Å². The van der Waals surface area contributed by atoms with E-state index in [4.69, 9.17) is 0 Å². The van der Waals surface area contributed by atoms with Gasteiger partial charge in [-0.05, 0) is 50.6 Å². The molecule has 1 aliphatic rings. The first-order valence-electron chi connectivity index (χ1n) is 7.96. The molecular formula is C19H24N2. The third kappa shape index (κ3) is 3.70. The van der Waals surface area contributed by atoms with Gasteiger partial charge in [-0.3, -0.25) is 4.98 Å². The van der Waals surface area contributed by atoms with Crippen LogP contribution in [-0.4, -0.2) is 17.6 Å². The van der Waals surface area contributed by atoms with Crippen molar-refractivity contribution in [3.63, 3.8) is 0 Å². The molecule has 1 unspecified atom stereocenters. The predicted octanol–water partition coefficient (Wildman–Crippen LogP) is 4.17. The standard InChI is InChI=1S/C19H24N2/c1-14-5-7-16-13-21-19(12-17(16)10-14)11-15(2)6-8-18-4-3-9-20-18/h5,7,10,12-13,18,20H,2-4,6,8-9,11H2,1H3. The number of hydrogen-bond acceptors (Lipinski definition) is 2. The van der Waals surface area contributed by atoms with Gasteiger partial charge in [-0.15, -0.1) is 0 Å². The highest BCUT2D eigenvalue weighted by Gasteiger charge is 2.13. The molecule has 1 fully saturated rings. The molecule has 2 heteroatoms. The summed E-state index contributed by atoms with van der Waals surface area (Å²) in [4.78, 5) is 4.58. The van der Waals surface area contributed by atoms with E-state index in [2.05, 4.69) is 48.1 Å². The number of hydrogen-bond donors (Lipinski definition) is 1. The van der Waals surface area contributed by atoms with Crippen LogP contribution in [0.2, 0.25) is 0 Å². The van der Waals surface area contributed by atoms with Crippen molar-refractivity contribution in [3.8, 4) is 0 Å². The average Bonchev–Trinajstić information content (AvgIpc) is 2.98. The van der Waals surface area contributed by atoms with Crippen molar-refractivity contribution in [2.24, 2.45) is 0 Å². The predicted molar refractivity (Wildman–Crippen MR) is 89.6 cm³/mol. The Morgan fingerprint density at radius 3 is 3.05 bits per heavy atom. The summed E-state index contributed by atoms with van der Waals surface area (Å²) in [7, 11) is 0. The number of aromatic nitrogens is 1. The lowest BCUT2D eigenvalue weighted by atomic mass is 10.0. The highest BCUT2D eigenvalue weighted by molar-refractivity contribution is 5.82. The molecule has 1 aromatic carbocycles. The maximum absolute atomic E-state index is 4.58. The van der Waals surface area contributed by atoms with E-state index in [0.29, 0.717) is 6.04 Å². The van der Waals surface area contributed by atoms with Gasteiger partial charge in [0.05, 0.1) is 0 Å². The van der Waals surface area contributed by atoms with Crippen molar-refractivity contribution in [1.29, 1.82) is 0 Å². The molecule has 0 amide bonds. The number of nitrogens with one attached hydrogen (secondary N) is 1. The summed E-state index contributed by atoms with van der Waals surface area (Å²) in [6, 6.07) is 9.42. The molecule has 1 aliphatic heterocycles. The number of pyridine rings is 1. The van der Waals surface area contributed by atoms with Crippen LogP contribution in [0.5, 0.6) is 0 Å². The Labute approximate surface area is 127 Å². The Kier molecular flexibility index (Phi) is 4.35. The molecule has 21 heavy (non-hydrogen) atoms. The van der Waals surface area contributed by atoms with Crippen LogP contribution in [0.1, 0.15) is 36.9 Å². The van der Waals surface area contributed by atoms with Crippen LogP contribution in [0.15, 0.2) is 42.6 Å². The SMILES string of the molecule is C=C(CCC1CCCN1)Cc1cc2cc(C)ccc2cn1. The van der Waals surface area contributed by atoms with E-state index in [1.54, 1.807) is 0 Å². The Bertz CT molecular complexity index is 639. The van der Waals surface area contributed by atoms with Crippen LogP contribution >= 0.6 is 0 Å². The zero-order chi connectivity index (χ0) is 14.7. The lowest BCUT2D eigenvalue weighted by Crippen LogP contribution is -2.21. The van der Waals surface area contributed by atoms with E-state index >= 15 is 0 Å². The van der Waals surface area contributed by atoms with Gasteiger partial charge in [0.2, 0.25) is 0 Å². The van der Waals surface area contributed by atoms with Gasteiger partial charge in [0.15, 0.2) is 0 Å². The second-order valence-electron chi connectivity index (χ2n) is 6.28. The minimum atomic E-state index is 0.703. The first kappa shape index (κ1) is 14.3. The van der Waals surface area contributed by atoms with E-state index in [9.17, 15) is 0 Å². The van der Waals surface area contributed by atoms with Crippen molar-refractivity contribution in [3.05, 3.63) is 53.9 Å². The van der Waals surface area contributed by atoms with Crippen LogP contribution < -0.4 is 5.32 Å². The monoisotopic (exact) mass is 280 g/mol. The lowest BCUT2D eigenvalue weighted by Gasteiger charge is -2.11. The summed E-state index contributed by atoms with van der Waals surface area (Å²) >= 11 is 0. The fourth-order valence-electron chi connectivity index (χ4n) is 3.13. The molecule has 0 saturated carbocycles. The summed E-state index contributed by atoms with van der Waals surface area (Å²) in [5.41, 5.74) is 3.73. The molecule has 0 bridgehead atoms. The number of nitrogens with zero attached hydrogens (tertiary/aromatic N) is 1. The van der Waals surface area contributed by atoms with Crippen LogP contribution in [0, 0.1) is 6.92 Å². The summed E-state index contributed by atoms with van der Waals surface area (Å²) < 4.78 is 0. The van der Waals surface area contributed by atoms with Crippen molar-refractivity contribution in [2.75, 3.05) is 6.54 Å². The lowest BCUT2D eigenvalue weighted by molar-refractivity contribution is 0.555. The van der Waals surface area contributed by atoms with Crippen molar-refractivity contribution in [1.82, 2.24) is 10.3 Å². The van der Waals surface area contributed by atoms with Gasteiger partial charge in [0.25, 0.3) is 0 Å². The molecule has 1 atom stereocenters. The maximum Gasteiger partial charge on any atom is 0.0450 e. The molecule has 1 saturated heterocycles. The van der Waals surface area contributed by atoms with E-state index < -0.39 is 0 Å². The first-order chi connectivity index (χ1) is 10.2. The van der Waals surface area contributed by atoms with Crippen LogP contribution in [0.3, 0.4) is 0 Å². The Balaban J connectivity index is 1.62. The minimum absolute atomic E-state index is 0.703. The van der Waals surface area contributed by atoms with Crippen LogP contribution in [-0.2, 0) is 6.42 Å². The molecular weight excluding hydrogens is 256 g/mol. The third-order valence-corrected chi connectivity index (χ3v) is 4.37. The van der Waals surface area contributed by atoms with Gasteiger partial charge >= 0.3 is 0 Å². The van der Waals surface area contributed by atoms with E-state index in [1.165, 1.54) is 47.7 Å². The summed E-state index contributed by atoms with van der Waals surface area (Å²) in [6.07, 6.45) is 7.84. The van der Waals surface area contributed by atoms with Gasteiger partial charge in [-0.25, -0.2) is 0 Å². The van der Waals surface area contributed by atoms with E-state index in [1.807, 2.05) is 6.20 Å². The van der Waals surface area contributed by atoms with Crippen LogP contribution in [0.4, 0.5) is 0 Å². The highest BCUT2D eigenvalue weighted by atomic mass is 14.9. The molecule has 110 valence electrons. The molecule has 1 aromatic heterocycles. The quantitative estimate of drug-likeness (QED) is 0.831. The largest absolute Gasteiger partial charge is 0.314 e. The number of benzene rings is 1. The summed E-state index contributed by atoms with van der Waals surface area (Å²) in [5, 5.41) is 6.05. The summed E-state index contributed by atoms with van der Waals surface area (Å²) in [6.45, 7) is 7.56. The molecule has 1 N–H and O–H groups in total. The molecule has 2 heterocycles. The topological polar surface area (TPSA) is 24.9 Å². The van der Waals surface area contributed by atoms with Gasteiger partial charge < -0.3 is 5.32 Å². The summed E-state index contributed by atoms with van der Waals surface area (Å²) in [5.74, 6) is 0. The Morgan fingerprint density at radius 1 is 1.33 bits per heavy atom. The van der Waals surface area contributed by atoms with E-state index in [0.717, 1.165) is 18.5 Å². The molecule has 2 aromatic rings. The minimum Gasteiger partial charge on any atom is -0.314 e. The zero-order valence-electron chi connectivity index (χ0n) is 12.9. The number of allylic oxidation sites excluding steroid dienone is 1. The normalized spacial score (nSPS) is 18.2. The Hall–Kier alpha value is -1.67. The van der Waals surface area contributed by atoms with Gasteiger partial charge in [0.1, 0.15) is 0 Å². The molecule has 0 spiro atoms. The van der Waals surface area contributed by atoms with Gasteiger partial charge in [-0.1, -0.05) is 35.9 Å². The van der Waals surface area contributed by atoms with Gasteiger partial charge in [-0.2, -0.15) is 0 Å². The number of aryl methyl sites for hydroxylation is 1. The van der Waals surface area contributed by atoms with Gasteiger partial charge in [0, 0.05) is 29.7 Å². The first-order valence-corrected chi connectivity index (χ1v) is 7.96. The van der Waals surface area contributed by atoms with Crippen LogP contribution in [0.25, 0.3) is 10.8 Å². The van der Waals surface area contributed by atoms with E-state index in [-0.39, 0.29) is 0 Å². The second kappa shape index (κ2) is 6.40. The molecule has 0 radical (unpaired) electrons. The molecule has 2 nitrogen and oxygen atoms in total. The second-order valence-corrected chi connectivity index (χ2v) is 6.28. The smallest absolute Gasteiger partial charge is 0.0450 e. The molecule has 0 aliphatic carbocycles. The third-order valence-electron chi connectivity index (χ3n) is 4.37. The zero-order valence-corrected chi connectivity index (χ0v) is 12.9. The van der Waals surface area contributed by atoms with Crippen molar-refractivity contribution < 1.29 is 0 Å². The van der Waals surface area contributed by atoms with Crippen molar-refractivity contribution >= 4 is 10.8 Å². The fourth-order valence-corrected chi connectivity index (χ4v) is 3.13. The fraction of sp³-hybridized carbons (Fsp3) is 0.421. The average molecular weight is 280 g/mol. The highest BCUT2D eigenvalue weighted by Crippen LogP contribution is 2.19. The Morgan fingerprint density at radius 2 is 2.24 bits per heavy atom. The maximum atomic E-state index is 4.58. The molecule has 3 rings (SSSR count). The number of fused-ring (bicyclic) bond motifs is 1. The number of rotatable bonds is 5.